The van der Waals surface area contributed by atoms with Crippen molar-refractivity contribution >= 4 is 27.5 Å². The summed E-state index contributed by atoms with van der Waals surface area (Å²) in [6, 6.07) is 5.27. The summed E-state index contributed by atoms with van der Waals surface area (Å²) in [6.45, 7) is 9.71. The summed E-state index contributed by atoms with van der Waals surface area (Å²) >= 11 is 3.38. The molecule has 19 heavy (non-hydrogen) atoms. The van der Waals surface area contributed by atoms with Crippen LogP contribution in [-0.2, 0) is 0 Å². The SMILES string of the molecule is CC1(C)C(CNC(=O)c2cc(N)ccc2Br)C1(C)C. The lowest BCUT2D eigenvalue weighted by Gasteiger charge is -2.08. The lowest BCUT2D eigenvalue weighted by Crippen LogP contribution is -2.27. The molecule has 0 aliphatic heterocycles. The number of nitrogens with one attached hydrogen (secondary N) is 1. The Balaban J connectivity index is 2.02. The van der Waals surface area contributed by atoms with Crippen LogP contribution in [0.25, 0.3) is 0 Å². The van der Waals surface area contributed by atoms with E-state index in [1.807, 2.05) is 0 Å². The molecule has 0 spiro atoms. The molecule has 3 nitrogen and oxygen atoms in total. The molecule has 2 rings (SSSR count). The average molecular weight is 325 g/mol. The van der Waals surface area contributed by atoms with Gasteiger partial charge < -0.3 is 11.1 Å². The highest BCUT2D eigenvalue weighted by atomic mass is 79.9. The molecule has 0 unspecified atom stereocenters. The van der Waals surface area contributed by atoms with Crippen LogP contribution in [-0.4, -0.2) is 12.5 Å². The molecule has 1 amide bonds. The molecule has 4 heteroatoms. The second-order valence-electron chi connectivity index (χ2n) is 6.45. The largest absolute Gasteiger partial charge is 0.399 e. The van der Waals surface area contributed by atoms with Crippen LogP contribution in [0.1, 0.15) is 38.1 Å². The van der Waals surface area contributed by atoms with E-state index in [1.54, 1.807) is 18.2 Å². The predicted molar refractivity (Wildman–Crippen MR) is 81.9 cm³/mol. The normalized spacial score (nSPS) is 20.1. The number of halogens is 1. The number of hydrogen-bond donors (Lipinski definition) is 2. The van der Waals surface area contributed by atoms with Gasteiger partial charge in [-0.3, -0.25) is 4.79 Å². The molecule has 104 valence electrons. The Morgan fingerprint density at radius 3 is 2.42 bits per heavy atom. The van der Waals surface area contributed by atoms with E-state index in [1.165, 1.54) is 0 Å². The van der Waals surface area contributed by atoms with Crippen LogP contribution >= 0.6 is 15.9 Å². The van der Waals surface area contributed by atoms with E-state index in [9.17, 15) is 4.79 Å². The number of rotatable bonds is 3. The van der Waals surface area contributed by atoms with Crippen molar-refractivity contribution in [3.05, 3.63) is 28.2 Å². The number of anilines is 1. The van der Waals surface area contributed by atoms with Crippen LogP contribution in [0.3, 0.4) is 0 Å². The quantitative estimate of drug-likeness (QED) is 0.837. The smallest absolute Gasteiger partial charge is 0.252 e. The zero-order valence-corrected chi connectivity index (χ0v) is 13.5. The van der Waals surface area contributed by atoms with E-state index < -0.39 is 0 Å². The zero-order valence-electron chi connectivity index (χ0n) is 11.9. The third-order valence-electron chi connectivity index (χ3n) is 5.02. The number of amides is 1. The van der Waals surface area contributed by atoms with Crippen molar-refractivity contribution < 1.29 is 4.79 Å². The maximum atomic E-state index is 12.2. The number of hydrogen-bond acceptors (Lipinski definition) is 2. The van der Waals surface area contributed by atoms with Gasteiger partial charge in [-0.1, -0.05) is 27.7 Å². The molecule has 1 aromatic carbocycles. The fourth-order valence-electron chi connectivity index (χ4n) is 2.85. The summed E-state index contributed by atoms with van der Waals surface area (Å²) < 4.78 is 0.772. The first-order chi connectivity index (χ1) is 8.68. The Labute approximate surface area is 123 Å². The highest BCUT2D eigenvalue weighted by Crippen LogP contribution is 2.67. The minimum absolute atomic E-state index is 0.0716. The van der Waals surface area contributed by atoms with Gasteiger partial charge in [0.2, 0.25) is 0 Å². The number of benzene rings is 1. The van der Waals surface area contributed by atoms with E-state index in [-0.39, 0.29) is 16.7 Å². The Kier molecular flexibility index (Phi) is 3.42. The summed E-state index contributed by atoms with van der Waals surface area (Å²) in [5, 5.41) is 3.02. The highest BCUT2D eigenvalue weighted by Gasteiger charge is 2.64. The van der Waals surface area contributed by atoms with Gasteiger partial charge in [0.1, 0.15) is 0 Å². The van der Waals surface area contributed by atoms with Crippen LogP contribution in [0.15, 0.2) is 22.7 Å². The molecular weight excluding hydrogens is 304 g/mol. The second kappa shape index (κ2) is 4.51. The van der Waals surface area contributed by atoms with Crippen molar-refractivity contribution in [1.82, 2.24) is 5.32 Å². The lowest BCUT2D eigenvalue weighted by atomic mass is 10.0. The van der Waals surface area contributed by atoms with Gasteiger partial charge in [-0.05, 0) is 50.9 Å². The standard InChI is InChI=1S/C15H21BrN2O/c1-14(2)12(15(14,3)4)8-18-13(19)10-7-9(17)5-6-11(10)16/h5-7,12H,8,17H2,1-4H3,(H,18,19). The molecular formula is C15H21BrN2O. The molecule has 0 bridgehead atoms. The fraction of sp³-hybridized carbons (Fsp3) is 0.533. The van der Waals surface area contributed by atoms with Crippen molar-refractivity contribution in [2.24, 2.45) is 16.7 Å². The predicted octanol–water partition coefficient (Wildman–Crippen LogP) is 3.44. The van der Waals surface area contributed by atoms with Crippen molar-refractivity contribution in [3.8, 4) is 0 Å². The number of carbonyl (C=O) groups is 1. The molecule has 1 aromatic rings. The Morgan fingerprint density at radius 1 is 1.32 bits per heavy atom. The Bertz CT molecular complexity index is 509. The van der Waals surface area contributed by atoms with Crippen molar-refractivity contribution in [3.63, 3.8) is 0 Å². The molecule has 1 saturated carbocycles. The molecule has 1 fully saturated rings. The molecule has 0 heterocycles. The van der Waals surface area contributed by atoms with Crippen LogP contribution in [0, 0.1) is 16.7 Å². The minimum atomic E-state index is -0.0716. The summed E-state index contributed by atoms with van der Waals surface area (Å²) in [5.74, 6) is 0.446. The number of nitrogen functional groups attached to an aromatic ring is 1. The van der Waals surface area contributed by atoms with E-state index in [0.29, 0.717) is 23.7 Å². The minimum Gasteiger partial charge on any atom is -0.399 e. The molecule has 1 aliphatic carbocycles. The number of carbonyl (C=O) groups excluding carboxylic acids is 1. The van der Waals surface area contributed by atoms with Gasteiger partial charge >= 0.3 is 0 Å². The average Bonchev–Trinajstić information content (AvgIpc) is 2.70. The van der Waals surface area contributed by atoms with E-state index in [0.717, 1.165) is 4.47 Å². The highest BCUT2D eigenvalue weighted by molar-refractivity contribution is 9.10. The molecule has 3 N–H and O–H groups in total. The van der Waals surface area contributed by atoms with Gasteiger partial charge in [-0.15, -0.1) is 0 Å². The lowest BCUT2D eigenvalue weighted by molar-refractivity contribution is 0.0949. The van der Waals surface area contributed by atoms with Gasteiger partial charge in [0, 0.05) is 16.7 Å². The van der Waals surface area contributed by atoms with Crippen LogP contribution in [0.4, 0.5) is 5.69 Å². The van der Waals surface area contributed by atoms with Crippen molar-refractivity contribution in [1.29, 1.82) is 0 Å². The van der Waals surface area contributed by atoms with E-state index in [4.69, 9.17) is 5.73 Å². The molecule has 0 atom stereocenters. The van der Waals surface area contributed by atoms with Gasteiger partial charge in [-0.25, -0.2) is 0 Å². The first-order valence-corrected chi connectivity index (χ1v) is 7.30. The molecule has 0 radical (unpaired) electrons. The molecule has 0 saturated heterocycles. The van der Waals surface area contributed by atoms with E-state index in [2.05, 4.69) is 48.9 Å². The zero-order chi connectivity index (χ0) is 14.4. The monoisotopic (exact) mass is 324 g/mol. The van der Waals surface area contributed by atoms with Crippen LogP contribution < -0.4 is 11.1 Å². The second-order valence-corrected chi connectivity index (χ2v) is 7.30. The van der Waals surface area contributed by atoms with E-state index >= 15 is 0 Å². The summed E-state index contributed by atoms with van der Waals surface area (Å²) in [5.41, 5.74) is 7.48. The molecule has 0 aromatic heterocycles. The third-order valence-corrected chi connectivity index (χ3v) is 5.71. The summed E-state index contributed by atoms with van der Waals surface area (Å²) in [7, 11) is 0. The Hall–Kier alpha value is -1.03. The van der Waals surface area contributed by atoms with Gasteiger partial charge in [0.05, 0.1) is 5.56 Å². The third kappa shape index (κ3) is 2.38. The first kappa shape index (κ1) is 14.4. The first-order valence-electron chi connectivity index (χ1n) is 6.51. The summed E-state index contributed by atoms with van der Waals surface area (Å²) in [4.78, 5) is 12.2. The van der Waals surface area contributed by atoms with Gasteiger partial charge in [0.25, 0.3) is 5.91 Å². The van der Waals surface area contributed by atoms with Crippen molar-refractivity contribution in [2.45, 2.75) is 27.7 Å². The fourth-order valence-corrected chi connectivity index (χ4v) is 3.28. The maximum absolute atomic E-state index is 12.2. The van der Waals surface area contributed by atoms with Crippen LogP contribution in [0.5, 0.6) is 0 Å². The van der Waals surface area contributed by atoms with Crippen LogP contribution in [0.2, 0.25) is 0 Å². The molecule has 1 aliphatic rings. The maximum Gasteiger partial charge on any atom is 0.252 e. The summed E-state index contributed by atoms with van der Waals surface area (Å²) in [6.07, 6.45) is 0. The van der Waals surface area contributed by atoms with Gasteiger partial charge in [-0.2, -0.15) is 0 Å². The van der Waals surface area contributed by atoms with Crippen molar-refractivity contribution in [2.75, 3.05) is 12.3 Å². The van der Waals surface area contributed by atoms with Gasteiger partial charge in [0.15, 0.2) is 0 Å². The Morgan fingerprint density at radius 2 is 1.89 bits per heavy atom. The topological polar surface area (TPSA) is 55.1 Å². The number of nitrogens with two attached hydrogens (primary N) is 1.